The van der Waals surface area contributed by atoms with Gasteiger partial charge >= 0.3 is 0 Å². The number of nitrogens with one attached hydrogen (secondary N) is 1. The first-order chi connectivity index (χ1) is 15.1. The van der Waals surface area contributed by atoms with Crippen molar-refractivity contribution in [3.63, 3.8) is 0 Å². The second kappa shape index (κ2) is 8.80. The smallest absolute Gasteiger partial charge is 0.257 e. The molecule has 0 bridgehead atoms. The van der Waals surface area contributed by atoms with Crippen molar-refractivity contribution < 1.29 is 14.3 Å². The highest BCUT2D eigenvalue weighted by molar-refractivity contribution is 6.10. The lowest BCUT2D eigenvalue weighted by Crippen LogP contribution is -2.27. The van der Waals surface area contributed by atoms with Crippen molar-refractivity contribution in [2.75, 3.05) is 33.1 Å². The monoisotopic (exact) mass is 418 g/mol. The minimum atomic E-state index is -0.362. The molecule has 1 amide bonds. The van der Waals surface area contributed by atoms with E-state index in [0.717, 1.165) is 5.56 Å². The molecule has 0 radical (unpaired) electrons. The molecule has 3 N–H and O–H groups in total. The Kier molecular flexibility index (Phi) is 5.76. The van der Waals surface area contributed by atoms with E-state index in [1.165, 1.54) is 4.68 Å². The third-order valence-electron chi connectivity index (χ3n) is 4.71. The van der Waals surface area contributed by atoms with Gasteiger partial charge in [-0.3, -0.25) is 4.79 Å². The number of fused-ring (bicyclic) bond motifs is 2. The molecule has 0 unspecified atom stereocenters. The van der Waals surface area contributed by atoms with E-state index in [9.17, 15) is 4.79 Å². The van der Waals surface area contributed by atoms with Gasteiger partial charge in [-0.05, 0) is 29.8 Å². The first kappa shape index (κ1) is 20.3. The number of hydrogen-bond acceptors (Lipinski definition) is 7. The van der Waals surface area contributed by atoms with Crippen LogP contribution in [0.4, 0.5) is 5.82 Å². The largest absolute Gasteiger partial charge is 0.497 e. The molecule has 31 heavy (non-hydrogen) atoms. The van der Waals surface area contributed by atoms with E-state index in [2.05, 4.69) is 20.4 Å². The average molecular weight is 418 g/mol. The quantitative estimate of drug-likeness (QED) is 0.352. The highest BCUT2D eigenvalue weighted by Crippen LogP contribution is 2.27. The first-order valence-corrected chi connectivity index (χ1v) is 9.64. The summed E-state index contributed by atoms with van der Waals surface area (Å²) in [5.41, 5.74) is 9.51. The first-order valence-electron chi connectivity index (χ1n) is 9.64. The van der Waals surface area contributed by atoms with E-state index in [-0.39, 0.29) is 17.3 Å². The van der Waals surface area contributed by atoms with Crippen molar-refractivity contribution in [3.8, 4) is 5.75 Å². The number of ether oxygens (including phenoxy) is 2. The summed E-state index contributed by atoms with van der Waals surface area (Å²) in [6.07, 6.45) is 1.63. The summed E-state index contributed by atoms with van der Waals surface area (Å²) in [6.45, 7) is 0.725. The van der Waals surface area contributed by atoms with Gasteiger partial charge in [0.05, 0.1) is 31.0 Å². The van der Waals surface area contributed by atoms with Gasteiger partial charge in [0.2, 0.25) is 0 Å². The van der Waals surface area contributed by atoms with Gasteiger partial charge in [-0.15, -0.1) is 0 Å². The fraction of sp³-hybridized carbons (Fsp3) is 0.182. The van der Waals surface area contributed by atoms with Crippen molar-refractivity contribution >= 4 is 40.1 Å². The van der Waals surface area contributed by atoms with Gasteiger partial charge in [-0.2, -0.15) is 9.78 Å². The maximum atomic E-state index is 12.9. The van der Waals surface area contributed by atoms with Crippen LogP contribution in [0.5, 0.6) is 5.75 Å². The summed E-state index contributed by atoms with van der Waals surface area (Å²) in [6, 6.07) is 14.8. The van der Waals surface area contributed by atoms with Crippen LogP contribution in [0.3, 0.4) is 0 Å². The molecule has 9 nitrogen and oxygen atoms in total. The van der Waals surface area contributed by atoms with E-state index in [1.807, 2.05) is 48.5 Å². The second-order valence-corrected chi connectivity index (χ2v) is 6.73. The molecule has 0 spiro atoms. The lowest BCUT2D eigenvalue weighted by Gasteiger charge is -2.04. The van der Waals surface area contributed by atoms with Gasteiger partial charge < -0.3 is 20.5 Å². The Hall–Kier alpha value is -3.98. The predicted molar refractivity (Wildman–Crippen MR) is 120 cm³/mol. The van der Waals surface area contributed by atoms with Crippen molar-refractivity contribution in [1.29, 1.82) is 0 Å². The minimum Gasteiger partial charge on any atom is -0.497 e. The number of anilines is 1. The van der Waals surface area contributed by atoms with Crippen LogP contribution in [-0.4, -0.2) is 54.1 Å². The van der Waals surface area contributed by atoms with E-state index < -0.39 is 0 Å². The lowest BCUT2D eigenvalue weighted by molar-refractivity contribution is 0.0939. The normalized spacial score (nSPS) is 11.4. The Morgan fingerprint density at radius 2 is 1.94 bits per heavy atom. The van der Waals surface area contributed by atoms with Crippen molar-refractivity contribution in [2.45, 2.75) is 0 Å². The zero-order valence-corrected chi connectivity index (χ0v) is 17.2. The van der Waals surface area contributed by atoms with Crippen LogP contribution < -0.4 is 15.8 Å². The molecule has 4 rings (SSSR count). The van der Waals surface area contributed by atoms with Gasteiger partial charge in [-0.25, -0.2) is 9.97 Å². The molecule has 158 valence electrons. The highest BCUT2D eigenvalue weighted by atomic mass is 16.5. The maximum Gasteiger partial charge on any atom is 0.257 e. The number of nitrogen functional groups attached to an aromatic ring is 1. The van der Waals surface area contributed by atoms with Crippen LogP contribution >= 0.6 is 0 Å². The number of amides is 1. The maximum absolute atomic E-state index is 12.9. The van der Waals surface area contributed by atoms with Crippen LogP contribution in [0.25, 0.3) is 22.2 Å². The van der Waals surface area contributed by atoms with Crippen molar-refractivity contribution in [2.24, 2.45) is 5.10 Å². The zero-order chi connectivity index (χ0) is 21.8. The number of para-hydroxylation sites is 2. The molecular weight excluding hydrogens is 396 g/mol. The van der Waals surface area contributed by atoms with Crippen molar-refractivity contribution in [1.82, 2.24) is 20.0 Å². The Morgan fingerprint density at radius 3 is 2.68 bits per heavy atom. The number of benzene rings is 2. The highest BCUT2D eigenvalue weighted by Gasteiger charge is 2.23. The fourth-order valence-corrected chi connectivity index (χ4v) is 3.19. The van der Waals surface area contributed by atoms with Gasteiger partial charge in [0.1, 0.15) is 22.6 Å². The molecule has 0 saturated carbocycles. The topological polar surface area (TPSA) is 117 Å². The number of carbonyl (C=O) groups excluding carboxylic acids is 1. The summed E-state index contributed by atoms with van der Waals surface area (Å²) >= 11 is 0. The van der Waals surface area contributed by atoms with Crippen LogP contribution in [-0.2, 0) is 4.74 Å². The summed E-state index contributed by atoms with van der Waals surface area (Å²) < 4.78 is 11.7. The number of rotatable bonds is 7. The second-order valence-electron chi connectivity index (χ2n) is 6.73. The van der Waals surface area contributed by atoms with Crippen LogP contribution in [0.1, 0.15) is 15.9 Å². The summed E-state index contributed by atoms with van der Waals surface area (Å²) in [4.78, 5) is 22.2. The predicted octanol–water partition coefficient (Wildman–Crippen LogP) is 2.43. The van der Waals surface area contributed by atoms with Gasteiger partial charge in [0.15, 0.2) is 5.65 Å². The lowest BCUT2D eigenvalue weighted by atomic mass is 10.2. The molecule has 0 aliphatic carbocycles. The number of carbonyl (C=O) groups is 1. The SMILES string of the molecule is COCCNC(=O)c1c(N)n(/N=C/c2cccc(OC)c2)c2nc3ccccc3nc12. The number of methoxy groups -OCH3 is 2. The molecule has 0 aliphatic rings. The van der Waals surface area contributed by atoms with Crippen molar-refractivity contribution in [3.05, 3.63) is 59.7 Å². The molecule has 0 aliphatic heterocycles. The molecular formula is C22H22N6O3. The van der Waals surface area contributed by atoms with E-state index >= 15 is 0 Å². The van der Waals surface area contributed by atoms with E-state index in [0.29, 0.717) is 41.1 Å². The van der Waals surface area contributed by atoms with Gasteiger partial charge in [0, 0.05) is 13.7 Å². The standard InChI is InChI=1S/C22H22N6O3/c1-30-11-10-24-22(29)18-19-21(27-17-9-4-3-8-16(17)26-19)28(20(18)23)25-13-14-6-5-7-15(12-14)31-2/h3-9,12-13H,10-11,23H2,1-2H3,(H,24,29)/b25-13+. The van der Waals surface area contributed by atoms with Crippen LogP contribution in [0.2, 0.25) is 0 Å². The molecule has 4 aromatic rings. The third-order valence-corrected chi connectivity index (χ3v) is 4.71. The van der Waals surface area contributed by atoms with E-state index in [1.54, 1.807) is 20.4 Å². The summed E-state index contributed by atoms with van der Waals surface area (Å²) in [7, 11) is 3.17. The average Bonchev–Trinajstić information content (AvgIpc) is 3.06. The zero-order valence-electron chi connectivity index (χ0n) is 17.2. The molecule has 0 saturated heterocycles. The van der Waals surface area contributed by atoms with E-state index in [4.69, 9.17) is 15.2 Å². The third kappa shape index (κ3) is 4.03. The molecule has 2 heterocycles. The Labute approximate surface area is 178 Å². The number of aromatic nitrogens is 3. The molecule has 2 aromatic heterocycles. The van der Waals surface area contributed by atoms with Gasteiger partial charge in [-0.1, -0.05) is 24.3 Å². The van der Waals surface area contributed by atoms with Gasteiger partial charge in [0.25, 0.3) is 5.91 Å². The number of nitrogens with two attached hydrogens (primary N) is 1. The fourth-order valence-electron chi connectivity index (χ4n) is 3.19. The number of nitrogens with zero attached hydrogens (tertiary/aromatic N) is 4. The Bertz CT molecular complexity index is 1280. The molecule has 0 atom stereocenters. The van der Waals surface area contributed by atoms with Crippen LogP contribution in [0, 0.1) is 0 Å². The minimum absolute atomic E-state index is 0.152. The summed E-state index contributed by atoms with van der Waals surface area (Å²) in [5, 5.41) is 7.28. The molecule has 9 heteroatoms. The Balaban J connectivity index is 1.85. The molecule has 0 fully saturated rings. The molecule has 2 aromatic carbocycles. The summed E-state index contributed by atoms with van der Waals surface area (Å²) in [5.74, 6) is 0.497. The Morgan fingerprint density at radius 1 is 1.16 bits per heavy atom. The van der Waals surface area contributed by atoms with Crippen LogP contribution in [0.15, 0.2) is 53.6 Å². The number of hydrogen-bond donors (Lipinski definition) is 2.